The Morgan fingerprint density at radius 1 is 1.33 bits per heavy atom. The van der Waals surface area contributed by atoms with Crippen LogP contribution < -0.4 is 5.73 Å². The zero-order valence-electron chi connectivity index (χ0n) is 11.8. The van der Waals surface area contributed by atoms with E-state index in [-0.39, 0.29) is 12.5 Å². The molecule has 7 nitrogen and oxygen atoms in total. The van der Waals surface area contributed by atoms with Crippen LogP contribution in [-0.4, -0.2) is 71.0 Å². The van der Waals surface area contributed by atoms with Crippen molar-refractivity contribution in [2.24, 2.45) is 5.73 Å². The molecule has 1 aromatic heterocycles. The standard InChI is InChI=1S/C13H20N4O3S/c14-3-2-11-15-10(9-21-11)13(20)17-5-1-4-16(6-7-17)8-12(18)19/h9H,1-8,14H2,(H,18,19). The number of carbonyl (C=O) groups excluding carboxylic acids is 1. The van der Waals surface area contributed by atoms with E-state index < -0.39 is 5.97 Å². The highest BCUT2D eigenvalue weighted by Crippen LogP contribution is 2.14. The summed E-state index contributed by atoms with van der Waals surface area (Å²) in [6.07, 6.45) is 1.46. The van der Waals surface area contributed by atoms with Crippen molar-refractivity contribution >= 4 is 23.2 Å². The molecule has 21 heavy (non-hydrogen) atoms. The molecule has 0 radical (unpaired) electrons. The van der Waals surface area contributed by atoms with Crippen LogP contribution in [0, 0.1) is 0 Å². The quantitative estimate of drug-likeness (QED) is 0.786. The fourth-order valence-electron chi connectivity index (χ4n) is 2.33. The van der Waals surface area contributed by atoms with E-state index in [1.807, 2.05) is 4.90 Å². The zero-order valence-corrected chi connectivity index (χ0v) is 12.6. The molecule has 0 aliphatic carbocycles. The molecule has 2 rings (SSSR count). The van der Waals surface area contributed by atoms with E-state index in [1.165, 1.54) is 11.3 Å². The van der Waals surface area contributed by atoms with E-state index in [2.05, 4.69) is 4.98 Å². The number of rotatable bonds is 5. The number of carboxylic acids is 1. The van der Waals surface area contributed by atoms with Gasteiger partial charge in [0.15, 0.2) is 0 Å². The molecule has 1 aliphatic heterocycles. The van der Waals surface area contributed by atoms with E-state index in [0.29, 0.717) is 44.8 Å². The number of aromatic nitrogens is 1. The van der Waals surface area contributed by atoms with Gasteiger partial charge >= 0.3 is 5.97 Å². The molecule has 1 amide bonds. The van der Waals surface area contributed by atoms with Crippen LogP contribution in [0.5, 0.6) is 0 Å². The van der Waals surface area contributed by atoms with Gasteiger partial charge in [-0.1, -0.05) is 0 Å². The van der Waals surface area contributed by atoms with Crippen LogP contribution in [0.4, 0.5) is 0 Å². The highest BCUT2D eigenvalue weighted by Gasteiger charge is 2.22. The van der Waals surface area contributed by atoms with Crippen LogP contribution in [0.15, 0.2) is 5.38 Å². The van der Waals surface area contributed by atoms with Gasteiger partial charge in [-0.2, -0.15) is 0 Å². The number of hydrogen-bond acceptors (Lipinski definition) is 6. The molecule has 1 saturated heterocycles. The fourth-order valence-corrected chi connectivity index (χ4v) is 3.12. The molecule has 0 spiro atoms. The summed E-state index contributed by atoms with van der Waals surface area (Å²) in [6.45, 7) is 3.01. The Bertz CT molecular complexity index is 505. The number of aliphatic carboxylic acids is 1. The summed E-state index contributed by atoms with van der Waals surface area (Å²) < 4.78 is 0. The first-order chi connectivity index (χ1) is 10.1. The molecule has 0 aromatic carbocycles. The predicted molar refractivity (Wildman–Crippen MR) is 79.5 cm³/mol. The summed E-state index contributed by atoms with van der Waals surface area (Å²) in [7, 11) is 0. The number of nitrogens with two attached hydrogens (primary N) is 1. The van der Waals surface area contributed by atoms with Crippen molar-refractivity contribution in [1.29, 1.82) is 0 Å². The van der Waals surface area contributed by atoms with Gasteiger partial charge in [-0.25, -0.2) is 4.98 Å². The van der Waals surface area contributed by atoms with E-state index in [9.17, 15) is 9.59 Å². The second kappa shape index (κ2) is 7.48. The van der Waals surface area contributed by atoms with Crippen molar-refractivity contribution in [3.05, 3.63) is 16.1 Å². The van der Waals surface area contributed by atoms with Crippen molar-refractivity contribution in [3.8, 4) is 0 Å². The van der Waals surface area contributed by atoms with Crippen LogP contribution >= 0.6 is 11.3 Å². The Hall–Kier alpha value is -1.51. The monoisotopic (exact) mass is 312 g/mol. The van der Waals surface area contributed by atoms with Gasteiger partial charge in [0.2, 0.25) is 0 Å². The predicted octanol–water partition coefficient (Wildman–Crippen LogP) is -0.123. The molecule has 0 bridgehead atoms. The van der Waals surface area contributed by atoms with E-state index >= 15 is 0 Å². The molecular weight excluding hydrogens is 292 g/mol. The molecule has 1 fully saturated rings. The second-order valence-corrected chi connectivity index (χ2v) is 5.92. The molecule has 116 valence electrons. The van der Waals surface area contributed by atoms with Crippen molar-refractivity contribution in [2.75, 3.05) is 39.3 Å². The largest absolute Gasteiger partial charge is 0.480 e. The van der Waals surface area contributed by atoms with Gasteiger partial charge in [0, 0.05) is 38.0 Å². The Morgan fingerprint density at radius 2 is 2.14 bits per heavy atom. The van der Waals surface area contributed by atoms with Crippen molar-refractivity contribution in [3.63, 3.8) is 0 Å². The van der Waals surface area contributed by atoms with Crippen LogP contribution in [0.3, 0.4) is 0 Å². The fraction of sp³-hybridized carbons (Fsp3) is 0.615. The van der Waals surface area contributed by atoms with Crippen LogP contribution in [0.25, 0.3) is 0 Å². The van der Waals surface area contributed by atoms with Gasteiger partial charge in [0.25, 0.3) is 5.91 Å². The van der Waals surface area contributed by atoms with Gasteiger partial charge in [0.1, 0.15) is 5.69 Å². The first-order valence-corrected chi connectivity index (χ1v) is 7.86. The highest BCUT2D eigenvalue weighted by molar-refractivity contribution is 7.09. The molecule has 1 aromatic rings. The molecule has 1 aliphatic rings. The summed E-state index contributed by atoms with van der Waals surface area (Å²) in [6, 6.07) is 0. The third kappa shape index (κ3) is 4.48. The SMILES string of the molecule is NCCc1nc(C(=O)N2CCCN(CC(=O)O)CC2)cs1. The van der Waals surface area contributed by atoms with Crippen molar-refractivity contribution in [2.45, 2.75) is 12.8 Å². The maximum absolute atomic E-state index is 12.4. The number of carboxylic acid groups (broad SMARTS) is 1. The summed E-state index contributed by atoms with van der Waals surface area (Å²) in [5.41, 5.74) is 5.95. The average molecular weight is 312 g/mol. The number of amides is 1. The lowest BCUT2D eigenvalue weighted by Crippen LogP contribution is -2.36. The minimum Gasteiger partial charge on any atom is -0.480 e. The number of hydrogen-bond donors (Lipinski definition) is 2. The lowest BCUT2D eigenvalue weighted by atomic mass is 10.3. The Morgan fingerprint density at radius 3 is 2.86 bits per heavy atom. The van der Waals surface area contributed by atoms with Gasteiger partial charge in [-0.15, -0.1) is 11.3 Å². The van der Waals surface area contributed by atoms with Crippen molar-refractivity contribution in [1.82, 2.24) is 14.8 Å². The Labute approximate surface area is 127 Å². The Kier molecular flexibility index (Phi) is 5.66. The molecule has 0 atom stereocenters. The average Bonchev–Trinajstić information content (AvgIpc) is 2.78. The highest BCUT2D eigenvalue weighted by atomic mass is 32.1. The lowest BCUT2D eigenvalue weighted by Gasteiger charge is -2.20. The first kappa shape index (κ1) is 15.9. The van der Waals surface area contributed by atoms with E-state index in [0.717, 1.165) is 11.4 Å². The van der Waals surface area contributed by atoms with E-state index in [1.54, 1.807) is 10.3 Å². The molecule has 3 N–H and O–H groups in total. The van der Waals surface area contributed by atoms with Gasteiger partial charge < -0.3 is 15.7 Å². The molecule has 8 heteroatoms. The second-order valence-electron chi connectivity index (χ2n) is 4.98. The van der Waals surface area contributed by atoms with Gasteiger partial charge in [0.05, 0.1) is 11.6 Å². The number of thiazole rings is 1. The number of carbonyl (C=O) groups is 2. The van der Waals surface area contributed by atoms with Crippen LogP contribution in [0.1, 0.15) is 21.9 Å². The summed E-state index contributed by atoms with van der Waals surface area (Å²) in [5, 5.41) is 11.5. The first-order valence-electron chi connectivity index (χ1n) is 6.98. The third-order valence-electron chi connectivity index (χ3n) is 3.36. The smallest absolute Gasteiger partial charge is 0.317 e. The lowest BCUT2D eigenvalue weighted by molar-refractivity contribution is -0.138. The summed E-state index contributed by atoms with van der Waals surface area (Å²) in [5.74, 6) is -0.910. The minimum atomic E-state index is -0.833. The summed E-state index contributed by atoms with van der Waals surface area (Å²) in [4.78, 5) is 31.1. The van der Waals surface area contributed by atoms with Crippen LogP contribution in [0.2, 0.25) is 0 Å². The molecule has 0 saturated carbocycles. The normalized spacial score (nSPS) is 16.7. The van der Waals surface area contributed by atoms with Gasteiger partial charge in [-0.3, -0.25) is 14.5 Å². The third-order valence-corrected chi connectivity index (χ3v) is 4.27. The Balaban J connectivity index is 1.94. The maximum Gasteiger partial charge on any atom is 0.317 e. The maximum atomic E-state index is 12.4. The molecule has 2 heterocycles. The minimum absolute atomic E-state index is 0.0272. The van der Waals surface area contributed by atoms with E-state index in [4.69, 9.17) is 10.8 Å². The van der Waals surface area contributed by atoms with Crippen LogP contribution in [-0.2, 0) is 11.2 Å². The molecular formula is C13H20N4O3S. The van der Waals surface area contributed by atoms with Crippen molar-refractivity contribution < 1.29 is 14.7 Å². The molecule has 0 unspecified atom stereocenters. The van der Waals surface area contributed by atoms with Gasteiger partial charge in [-0.05, 0) is 13.0 Å². The zero-order chi connectivity index (χ0) is 15.2. The topological polar surface area (TPSA) is 99.8 Å². The summed E-state index contributed by atoms with van der Waals surface area (Å²) >= 11 is 1.45. The number of nitrogens with zero attached hydrogens (tertiary/aromatic N) is 3.